The Bertz CT molecular complexity index is 1410. The molecule has 1 aromatic carbocycles. The van der Waals surface area contributed by atoms with E-state index in [0.717, 1.165) is 18.9 Å². The lowest BCUT2D eigenvalue weighted by atomic mass is 9.92. The van der Waals surface area contributed by atoms with Gasteiger partial charge in [-0.05, 0) is 61.2 Å². The third-order valence-electron chi connectivity index (χ3n) is 7.04. The summed E-state index contributed by atoms with van der Waals surface area (Å²) in [7, 11) is 1.59. The molecule has 1 aromatic heterocycles. The molecule has 1 amide bonds. The number of amides is 1. The minimum atomic E-state index is -4.54. The molecule has 39 heavy (non-hydrogen) atoms. The zero-order valence-corrected chi connectivity index (χ0v) is 20.8. The number of pyridine rings is 1. The van der Waals surface area contributed by atoms with E-state index in [9.17, 15) is 26.7 Å². The Morgan fingerprint density at radius 1 is 1.21 bits per heavy atom. The minimum Gasteiger partial charge on any atom is -0.490 e. The normalized spacial score (nSPS) is 20.6. The SMILES string of the molecule is CN/C=C1/C=C(C(=O)NC[C@H](c2cc3c(c(-c4ccc(F)cc4)n2)OC[C@H]3C(F)(F)F)C2CC2)C=C(F)C1=N. The van der Waals surface area contributed by atoms with Crippen LogP contribution >= 0.6 is 0 Å². The molecule has 6 nitrogen and oxygen atoms in total. The van der Waals surface area contributed by atoms with Crippen LogP contribution in [0.3, 0.4) is 0 Å². The van der Waals surface area contributed by atoms with Gasteiger partial charge in [-0.2, -0.15) is 13.2 Å². The van der Waals surface area contributed by atoms with Crippen LogP contribution < -0.4 is 15.4 Å². The summed E-state index contributed by atoms with van der Waals surface area (Å²) < 4.78 is 74.9. The van der Waals surface area contributed by atoms with Gasteiger partial charge in [0.15, 0.2) is 0 Å². The average molecular weight is 545 g/mol. The Morgan fingerprint density at radius 3 is 2.56 bits per heavy atom. The number of ether oxygens (including phenoxy) is 1. The molecule has 0 spiro atoms. The van der Waals surface area contributed by atoms with Gasteiger partial charge in [-0.1, -0.05) is 0 Å². The first-order chi connectivity index (χ1) is 18.6. The number of halogens is 5. The number of hydrogen-bond acceptors (Lipinski definition) is 5. The van der Waals surface area contributed by atoms with E-state index in [4.69, 9.17) is 10.1 Å². The van der Waals surface area contributed by atoms with Crippen molar-refractivity contribution in [2.45, 2.75) is 30.9 Å². The van der Waals surface area contributed by atoms with E-state index in [2.05, 4.69) is 15.6 Å². The molecule has 1 fully saturated rings. The second-order valence-corrected chi connectivity index (χ2v) is 9.74. The first-order valence-corrected chi connectivity index (χ1v) is 12.4. The highest BCUT2D eigenvalue weighted by Gasteiger charge is 2.47. The molecule has 2 aromatic rings. The Hall–Kier alpha value is -4.02. The molecule has 3 aliphatic rings. The number of hydrogen-bond donors (Lipinski definition) is 3. The van der Waals surface area contributed by atoms with Crippen molar-refractivity contribution in [2.24, 2.45) is 5.92 Å². The summed E-state index contributed by atoms with van der Waals surface area (Å²) in [5, 5.41) is 13.3. The van der Waals surface area contributed by atoms with Crippen LogP contribution in [0.2, 0.25) is 0 Å². The fourth-order valence-electron chi connectivity index (χ4n) is 4.85. The monoisotopic (exact) mass is 544 g/mol. The van der Waals surface area contributed by atoms with E-state index in [1.54, 1.807) is 7.05 Å². The number of carbonyl (C=O) groups excluding carboxylic acids is 1. The van der Waals surface area contributed by atoms with E-state index in [1.807, 2.05) is 0 Å². The summed E-state index contributed by atoms with van der Waals surface area (Å²) in [6, 6.07) is 6.67. The predicted octanol–water partition coefficient (Wildman–Crippen LogP) is 5.45. The number of benzene rings is 1. The Labute approximate surface area is 221 Å². The number of allylic oxidation sites excluding steroid dienone is 3. The van der Waals surface area contributed by atoms with Gasteiger partial charge >= 0.3 is 6.18 Å². The fourth-order valence-corrected chi connectivity index (χ4v) is 4.85. The van der Waals surface area contributed by atoms with Crippen molar-refractivity contribution in [3.63, 3.8) is 0 Å². The molecule has 11 heteroatoms. The van der Waals surface area contributed by atoms with Crippen LogP contribution in [0.4, 0.5) is 22.0 Å². The molecular weight excluding hydrogens is 519 g/mol. The molecule has 1 aliphatic heterocycles. The second-order valence-electron chi connectivity index (χ2n) is 9.74. The first-order valence-electron chi connectivity index (χ1n) is 12.4. The zero-order valence-electron chi connectivity index (χ0n) is 20.8. The molecule has 2 atom stereocenters. The number of nitrogens with one attached hydrogen (secondary N) is 3. The summed E-state index contributed by atoms with van der Waals surface area (Å²) in [5.74, 6) is -4.07. The summed E-state index contributed by atoms with van der Waals surface area (Å²) >= 11 is 0. The van der Waals surface area contributed by atoms with E-state index < -0.39 is 42.2 Å². The highest BCUT2D eigenvalue weighted by molar-refractivity contribution is 6.15. The molecule has 1 saturated carbocycles. The highest BCUT2D eigenvalue weighted by Crippen LogP contribution is 2.50. The van der Waals surface area contributed by atoms with Gasteiger partial charge in [0.2, 0.25) is 0 Å². The molecule has 2 heterocycles. The van der Waals surface area contributed by atoms with Gasteiger partial charge in [-0.15, -0.1) is 0 Å². The molecular formula is C28H25F5N4O2. The van der Waals surface area contributed by atoms with Gasteiger partial charge in [-0.25, -0.2) is 13.8 Å². The molecule has 0 bridgehead atoms. The van der Waals surface area contributed by atoms with E-state index in [1.165, 1.54) is 42.6 Å². The molecule has 3 N–H and O–H groups in total. The molecule has 2 aliphatic carbocycles. The Kier molecular flexibility index (Phi) is 7.00. The number of fused-ring (bicyclic) bond motifs is 1. The summed E-state index contributed by atoms with van der Waals surface area (Å²) in [4.78, 5) is 17.6. The minimum absolute atomic E-state index is 0.0130. The quantitative estimate of drug-likeness (QED) is 0.405. The smallest absolute Gasteiger partial charge is 0.399 e. The van der Waals surface area contributed by atoms with Gasteiger partial charge < -0.3 is 15.4 Å². The van der Waals surface area contributed by atoms with Crippen LogP contribution in [-0.2, 0) is 4.79 Å². The van der Waals surface area contributed by atoms with Gasteiger partial charge in [0.25, 0.3) is 5.91 Å². The Morgan fingerprint density at radius 2 is 1.92 bits per heavy atom. The van der Waals surface area contributed by atoms with E-state index in [0.29, 0.717) is 11.3 Å². The van der Waals surface area contributed by atoms with Crippen molar-refractivity contribution >= 4 is 11.6 Å². The number of nitrogens with zero attached hydrogens (tertiary/aromatic N) is 1. The maximum Gasteiger partial charge on any atom is 0.399 e. The standard InChI is InChI=1S/C28H25F5N4O2/c1-35-11-17-8-16(9-22(30)24(17)34)27(38)36-12-20(14-2-3-14)23-10-19-21(28(31,32)33)13-39-26(19)25(37-23)15-4-6-18(29)7-5-15/h4-11,14,20-21,34-35H,2-3,12-13H2,1H3,(H,36,38)/b17-11-,34-24?/t20-,21+/m0/s1. The van der Waals surface area contributed by atoms with Crippen LogP contribution in [0, 0.1) is 17.1 Å². The van der Waals surface area contributed by atoms with Crippen molar-refractivity contribution < 1.29 is 31.5 Å². The van der Waals surface area contributed by atoms with Crippen LogP contribution in [-0.4, -0.2) is 43.0 Å². The number of alkyl halides is 3. The largest absolute Gasteiger partial charge is 0.490 e. The van der Waals surface area contributed by atoms with Gasteiger partial charge in [0.05, 0.1) is 5.71 Å². The van der Waals surface area contributed by atoms with E-state index >= 15 is 0 Å². The third-order valence-corrected chi connectivity index (χ3v) is 7.04. The van der Waals surface area contributed by atoms with Crippen LogP contribution in [0.5, 0.6) is 5.75 Å². The number of carbonyl (C=O) groups is 1. The molecule has 5 rings (SSSR count). The molecule has 0 radical (unpaired) electrons. The fraction of sp³-hybridized carbons (Fsp3) is 0.321. The van der Waals surface area contributed by atoms with Gasteiger partial charge in [0, 0.05) is 53.7 Å². The summed E-state index contributed by atoms with van der Waals surface area (Å²) in [5.41, 5.74) is 0.787. The third kappa shape index (κ3) is 5.43. The second kappa shape index (κ2) is 10.3. The van der Waals surface area contributed by atoms with Gasteiger partial charge in [0.1, 0.15) is 35.6 Å². The van der Waals surface area contributed by atoms with Crippen molar-refractivity contribution in [2.75, 3.05) is 20.2 Å². The van der Waals surface area contributed by atoms with Crippen LogP contribution in [0.1, 0.15) is 35.9 Å². The first kappa shape index (κ1) is 26.6. The average Bonchev–Trinajstić information content (AvgIpc) is 3.63. The van der Waals surface area contributed by atoms with Crippen molar-refractivity contribution in [1.29, 1.82) is 5.41 Å². The maximum absolute atomic E-state index is 14.3. The highest BCUT2D eigenvalue weighted by atomic mass is 19.4. The van der Waals surface area contributed by atoms with Crippen molar-refractivity contribution in [3.05, 3.63) is 82.7 Å². The van der Waals surface area contributed by atoms with Gasteiger partial charge in [-0.3, -0.25) is 10.2 Å². The lowest BCUT2D eigenvalue weighted by Crippen LogP contribution is -2.31. The summed E-state index contributed by atoms with van der Waals surface area (Å²) in [6.07, 6.45) is 0.849. The molecule has 0 saturated heterocycles. The topological polar surface area (TPSA) is 87.1 Å². The van der Waals surface area contributed by atoms with Crippen molar-refractivity contribution in [1.82, 2.24) is 15.6 Å². The molecule has 0 unspecified atom stereocenters. The molecule has 204 valence electrons. The summed E-state index contributed by atoms with van der Waals surface area (Å²) in [6.45, 7) is -0.516. The number of rotatable bonds is 7. The van der Waals surface area contributed by atoms with Crippen LogP contribution in [0.25, 0.3) is 11.3 Å². The lowest BCUT2D eigenvalue weighted by Gasteiger charge is -2.21. The zero-order chi connectivity index (χ0) is 27.9. The predicted molar refractivity (Wildman–Crippen MR) is 135 cm³/mol. The number of aromatic nitrogens is 1. The lowest BCUT2D eigenvalue weighted by molar-refractivity contribution is -0.151. The van der Waals surface area contributed by atoms with Crippen LogP contribution in [0.15, 0.2) is 65.7 Å². The maximum atomic E-state index is 14.3. The Balaban J connectivity index is 1.47. The van der Waals surface area contributed by atoms with E-state index in [-0.39, 0.29) is 46.3 Å². The van der Waals surface area contributed by atoms with Crippen molar-refractivity contribution in [3.8, 4) is 17.0 Å².